The van der Waals surface area contributed by atoms with E-state index in [-0.39, 0.29) is 24.0 Å². The van der Waals surface area contributed by atoms with Gasteiger partial charge in [0.05, 0.1) is 19.4 Å². The van der Waals surface area contributed by atoms with Crippen molar-refractivity contribution >= 4 is 40.8 Å². The van der Waals surface area contributed by atoms with Gasteiger partial charge < -0.3 is 24.8 Å². The fourth-order valence-corrected chi connectivity index (χ4v) is 3.15. The molecule has 3 N–H and O–H groups in total. The first-order valence-electron chi connectivity index (χ1n) is 9.37. The van der Waals surface area contributed by atoms with E-state index >= 15 is 0 Å². The first kappa shape index (κ1) is 22.3. The van der Waals surface area contributed by atoms with E-state index in [9.17, 15) is 0 Å². The average Bonchev–Trinajstić information content (AvgIpc) is 3.32. The van der Waals surface area contributed by atoms with Crippen LogP contribution in [0.5, 0.6) is 0 Å². The average molecular weight is 496 g/mol. The minimum Gasteiger partial charge on any atom is -0.469 e. The summed E-state index contributed by atoms with van der Waals surface area (Å²) in [6.45, 7) is 4.95. The highest BCUT2D eigenvalue weighted by Crippen LogP contribution is 2.22. The molecule has 0 atom stereocenters. The van der Waals surface area contributed by atoms with Crippen LogP contribution < -0.4 is 10.6 Å². The molecule has 0 amide bonds. The Morgan fingerprint density at radius 1 is 1.14 bits per heavy atom. The fraction of sp³-hybridized carbons (Fsp3) is 0.381. The Balaban J connectivity index is 0.00000280. The second kappa shape index (κ2) is 11.8. The Labute approximate surface area is 183 Å². The standard InChI is InChI=1S/C21H28N4O2.HI/c1-16-5-3-7-19-20(16)17(15-25-19)8-10-22-21(24-12-14-26-2)23-11-9-18-6-4-13-27-18;/h3-7,13,15,25H,8-12,14H2,1-2H3,(H2,22,23,24);1H. The predicted octanol–water partition coefficient (Wildman–Crippen LogP) is 3.65. The minimum atomic E-state index is 0. The van der Waals surface area contributed by atoms with Crippen molar-refractivity contribution in [3.63, 3.8) is 0 Å². The molecule has 0 aliphatic rings. The van der Waals surface area contributed by atoms with Gasteiger partial charge >= 0.3 is 0 Å². The van der Waals surface area contributed by atoms with Crippen LogP contribution in [0.4, 0.5) is 0 Å². The van der Waals surface area contributed by atoms with Gasteiger partial charge in [-0.2, -0.15) is 0 Å². The van der Waals surface area contributed by atoms with Gasteiger partial charge in [0.1, 0.15) is 5.76 Å². The highest BCUT2D eigenvalue weighted by molar-refractivity contribution is 14.0. The van der Waals surface area contributed by atoms with E-state index in [2.05, 4.69) is 51.9 Å². The number of aromatic amines is 1. The van der Waals surface area contributed by atoms with Crippen LogP contribution in [0.3, 0.4) is 0 Å². The number of methoxy groups -OCH3 is 1. The lowest BCUT2D eigenvalue weighted by Gasteiger charge is -2.12. The van der Waals surface area contributed by atoms with Crippen molar-refractivity contribution in [3.8, 4) is 0 Å². The lowest BCUT2D eigenvalue weighted by Crippen LogP contribution is -2.39. The van der Waals surface area contributed by atoms with Crippen molar-refractivity contribution in [1.29, 1.82) is 0 Å². The van der Waals surface area contributed by atoms with Crippen LogP contribution in [0.25, 0.3) is 10.9 Å². The molecule has 1 aromatic carbocycles. The Bertz CT molecular complexity index is 859. The van der Waals surface area contributed by atoms with Crippen molar-refractivity contribution in [2.24, 2.45) is 4.99 Å². The Hall–Kier alpha value is -2.00. The quantitative estimate of drug-likeness (QED) is 0.183. The third-order valence-corrected chi connectivity index (χ3v) is 4.49. The molecule has 0 bridgehead atoms. The predicted molar refractivity (Wildman–Crippen MR) is 125 cm³/mol. The van der Waals surface area contributed by atoms with Gasteiger partial charge in [0.25, 0.3) is 0 Å². The molecule has 2 heterocycles. The van der Waals surface area contributed by atoms with E-state index in [0.29, 0.717) is 13.2 Å². The number of halogens is 1. The van der Waals surface area contributed by atoms with E-state index in [1.54, 1.807) is 13.4 Å². The first-order valence-corrected chi connectivity index (χ1v) is 9.37. The summed E-state index contributed by atoms with van der Waals surface area (Å²) in [6, 6.07) is 10.2. The number of nitrogens with one attached hydrogen (secondary N) is 3. The Morgan fingerprint density at radius 2 is 1.96 bits per heavy atom. The summed E-state index contributed by atoms with van der Waals surface area (Å²) in [6.07, 6.45) is 5.55. The molecule has 0 unspecified atom stereocenters. The van der Waals surface area contributed by atoms with Crippen molar-refractivity contribution in [3.05, 3.63) is 59.7 Å². The molecule has 0 saturated carbocycles. The molecule has 0 radical (unpaired) electrons. The van der Waals surface area contributed by atoms with Crippen molar-refractivity contribution < 1.29 is 9.15 Å². The summed E-state index contributed by atoms with van der Waals surface area (Å²) >= 11 is 0. The summed E-state index contributed by atoms with van der Waals surface area (Å²) < 4.78 is 10.5. The number of aromatic nitrogens is 1. The smallest absolute Gasteiger partial charge is 0.191 e. The van der Waals surface area contributed by atoms with Crippen molar-refractivity contribution in [2.45, 2.75) is 19.8 Å². The van der Waals surface area contributed by atoms with E-state index < -0.39 is 0 Å². The van der Waals surface area contributed by atoms with Crippen LogP contribution >= 0.6 is 24.0 Å². The molecule has 0 saturated heterocycles. The van der Waals surface area contributed by atoms with Gasteiger partial charge in [-0.05, 0) is 42.7 Å². The zero-order valence-corrected chi connectivity index (χ0v) is 18.8. The largest absolute Gasteiger partial charge is 0.469 e. The lowest BCUT2D eigenvalue weighted by atomic mass is 10.1. The van der Waals surface area contributed by atoms with E-state index in [4.69, 9.17) is 9.15 Å². The van der Waals surface area contributed by atoms with Crippen LogP contribution in [0.15, 0.2) is 52.2 Å². The highest BCUT2D eigenvalue weighted by Gasteiger charge is 2.06. The molecule has 0 aliphatic carbocycles. The summed E-state index contributed by atoms with van der Waals surface area (Å²) in [5.74, 6) is 1.77. The molecule has 0 fully saturated rings. The number of guanidine groups is 1. The number of rotatable bonds is 9. The maximum absolute atomic E-state index is 5.37. The molecule has 3 rings (SSSR count). The number of fused-ring (bicyclic) bond motifs is 1. The minimum absolute atomic E-state index is 0. The molecule has 6 nitrogen and oxygen atoms in total. The summed E-state index contributed by atoms with van der Waals surface area (Å²) in [5.41, 5.74) is 3.81. The molecule has 0 aliphatic heterocycles. The monoisotopic (exact) mass is 496 g/mol. The van der Waals surface area contributed by atoms with Crippen molar-refractivity contribution in [1.82, 2.24) is 15.6 Å². The number of ether oxygens (including phenoxy) is 1. The number of benzene rings is 1. The molecule has 3 aromatic rings. The SMILES string of the molecule is COCCN=C(NCCc1ccco1)NCCc1c[nH]c2cccc(C)c12.I. The molecule has 7 heteroatoms. The molecular formula is C21H29IN4O2. The van der Waals surface area contributed by atoms with Gasteiger partial charge in [-0.25, -0.2) is 0 Å². The summed E-state index contributed by atoms with van der Waals surface area (Å²) in [7, 11) is 1.69. The highest BCUT2D eigenvalue weighted by atomic mass is 127. The number of H-pyrrole nitrogens is 1. The number of hydrogen-bond donors (Lipinski definition) is 3. The molecular weight excluding hydrogens is 467 g/mol. The van der Waals surface area contributed by atoms with Crippen LogP contribution in [0.2, 0.25) is 0 Å². The number of furan rings is 1. The third-order valence-electron chi connectivity index (χ3n) is 4.49. The van der Waals surface area contributed by atoms with Gasteiger partial charge in [-0.15, -0.1) is 24.0 Å². The van der Waals surface area contributed by atoms with Gasteiger partial charge in [0, 0.05) is 43.7 Å². The number of hydrogen-bond acceptors (Lipinski definition) is 3. The maximum atomic E-state index is 5.37. The first-order chi connectivity index (χ1) is 13.3. The van der Waals surface area contributed by atoms with Crippen molar-refractivity contribution in [2.75, 3.05) is 33.4 Å². The number of aliphatic imine (C=N–C) groups is 1. The number of aryl methyl sites for hydroxylation is 1. The van der Waals surface area contributed by atoms with Crippen LogP contribution in [0.1, 0.15) is 16.9 Å². The molecule has 0 spiro atoms. The third kappa shape index (κ3) is 6.27. The second-order valence-corrected chi connectivity index (χ2v) is 6.47. The van der Waals surface area contributed by atoms with Gasteiger partial charge in [-0.3, -0.25) is 4.99 Å². The lowest BCUT2D eigenvalue weighted by molar-refractivity contribution is 0.208. The zero-order chi connectivity index (χ0) is 18.9. The number of nitrogens with zero attached hydrogens (tertiary/aromatic N) is 1. The summed E-state index contributed by atoms with van der Waals surface area (Å²) in [5, 5.41) is 8.10. The van der Waals surface area contributed by atoms with Crippen LogP contribution in [-0.2, 0) is 17.6 Å². The van der Waals surface area contributed by atoms with E-state index in [1.165, 1.54) is 22.0 Å². The van der Waals surface area contributed by atoms with Gasteiger partial charge in [0.2, 0.25) is 0 Å². The van der Waals surface area contributed by atoms with Crippen LogP contribution in [0, 0.1) is 6.92 Å². The Morgan fingerprint density at radius 3 is 2.71 bits per heavy atom. The molecule has 28 heavy (non-hydrogen) atoms. The summed E-state index contributed by atoms with van der Waals surface area (Å²) in [4.78, 5) is 7.92. The fourth-order valence-electron chi connectivity index (χ4n) is 3.15. The zero-order valence-electron chi connectivity index (χ0n) is 16.5. The van der Waals surface area contributed by atoms with Crippen LogP contribution in [-0.4, -0.2) is 44.3 Å². The van der Waals surface area contributed by atoms with Gasteiger partial charge in [0.15, 0.2) is 5.96 Å². The maximum Gasteiger partial charge on any atom is 0.191 e. The van der Waals surface area contributed by atoms with Gasteiger partial charge in [-0.1, -0.05) is 12.1 Å². The van der Waals surface area contributed by atoms with E-state index in [1.807, 2.05) is 12.1 Å². The molecule has 2 aromatic heterocycles. The van der Waals surface area contributed by atoms with E-state index in [0.717, 1.165) is 37.7 Å². The Kier molecular flexibility index (Phi) is 9.36. The second-order valence-electron chi connectivity index (χ2n) is 6.47. The normalized spacial score (nSPS) is 11.4. The molecule has 152 valence electrons. The topological polar surface area (TPSA) is 74.6 Å².